The molecule has 0 amide bonds. The molecule has 0 spiro atoms. The monoisotopic (exact) mass is 421 g/mol. The number of nitrogens with zero attached hydrogens (tertiary/aromatic N) is 4. The van der Waals surface area contributed by atoms with Crippen LogP contribution in [0.5, 0.6) is 0 Å². The lowest BCUT2D eigenvalue weighted by molar-refractivity contribution is 0.105. The van der Waals surface area contributed by atoms with E-state index in [-0.39, 0.29) is 13.2 Å². The first-order valence-electron chi connectivity index (χ1n) is 10.0. The zero-order valence-electron chi connectivity index (χ0n) is 18.6. The second kappa shape index (κ2) is 11.8. The largest absolute Gasteiger partial charge is 0.394 e. The Morgan fingerprint density at radius 3 is 2.74 bits per heavy atom. The number of nitrogens with one attached hydrogen (secondary N) is 1. The summed E-state index contributed by atoms with van der Waals surface area (Å²) in [6.07, 6.45) is 8.39. The third kappa shape index (κ3) is 6.60. The Bertz CT molecular complexity index is 980. The van der Waals surface area contributed by atoms with Gasteiger partial charge in [-0.3, -0.25) is 4.99 Å². The molecule has 2 rings (SSSR count). The third-order valence-electron chi connectivity index (χ3n) is 4.42. The van der Waals surface area contributed by atoms with E-state index in [1.54, 1.807) is 13.2 Å². The fraction of sp³-hybridized carbons (Fsp3) is 0.292. The van der Waals surface area contributed by atoms with Crippen molar-refractivity contribution in [1.82, 2.24) is 14.9 Å². The van der Waals surface area contributed by atoms with Gasteiger partial charge in [0, 0.05) is 45.6 Å². The van der Waals surface area contributed by atoms with Crippen LogP contribution in [0.1, 0.15) is 18.1 Å². The molecule has 0 bridgehead atoms. The molecule has 1 unspecified atom stereocenters. The number of benzene rings is 1. The molecule has 0 saturated carbocycles. The smallest absolute Gasteiger partial charge is 0.161 e. The summed E-state index contributed by atoms with van der Waals surface area (Å²) in [5, 5.41) is 22.0. The zero-order chi connectivity index (χ0) is 22.8. The minimum atomic E-state index is -0.898. The average molecular weight is 422 g/mol. The molecule has 0 aliphatic heterocycles. The van der Waals surface area contributed by atoms with E-state index in [1.165, 1.54) is 0 Å². The summed E-state index contributed by atoms with van der Waals surface area (Å²) in [5.41, 5.74) is 4.27. The number of aliphatic hydroxyl groups excluding tert-OH is 2. The first-order valence-corrected chi connectivity index (χ1v) is 10.0. The van der Waals surface area contributed by atoms with Crippen LogP contribution in [0.15, 0.2) is 66.5 Å². The number of anilines is 1. The van der Waals surface area contributed by atoms with Gasteiger partial charge in [-0.05, 0) is 30.2 Å². The Morgan fingerprint density at radius 1 is 1.35 bits per heavy atom. The lowest BCUT2D eigenvalue weighted by Crippen LogP contribution is -2.24. The zero-order valence-corrected chi connectivity index (χ0v) is 18.6. The van der Waals surface area contributed by atoms with Crippen molar-refractivity contribution < 1.29 is 10.2 Å². The lowest BCUT2D eigenvalue weighted by atomic mass is 10.0. The summed E-state index contributed by atoms with van der Waals surface area (Å²) in [5.74, 6) is 1.07. The van der Waals surface area contributed by atoms with E-state index in [0.29, 0.717) is 22.9 Å². The van der Waals surface area contributed by atoms with Crippen LogP contribution in [0.2, 0.25) is 0 Å². The molecule has 0 aliphatic rings. The number of hydrogen-bond donors (Lipinski definition) is 3. The van der Waals surface area contributed by atoms with Crippen LogP contribution in [-0.2, 0) is 0 Å². The molecule has 0 aliphatic carbocycles. The van der Waals surface area contributed by atoms with Crippen LogP contribution in [0.25, 0.3) is 17.0 Å². The molecule has 7 heteroatoms. The Morgan fingerprint density at radius 2 is 2.13 bits per heavy atom. The highest BCUT2D eigenvalue weighted by Crippen LogP contribution is 2.25. The van der Waals surface area contributed by atoms with Crippen molar-refractivity contribution in [2.45, 2.75) is 13.0 Å². The van der Waals surface area contributed by atoms with Crippen molar-refractivity contribution in [2.24, 2.45) is 4.99 Å². The number of aliphatic imine (C=N–C) groups is 1. The molecule has 3 N–H and O–H groups in total. The first kappa shape index (κ1) is 24.0. The van der Waals surface area contributed by atoms with E-state index in [1.807, 2.05) is 74.6 Å². The van der Waals surface area contributed by atoms with E-state index in [4.69, 9.17) is 10.1 Å². The topological polar surface area (TPSA) is 93.9 Å². The third-order valence-corrected chi connectivity index (χ3v) is 4.42. The van der Waals surface area contributed by atoms with Crippen LogP contribution in [-0.4, -0.2) is 71.2 Å². The highest BCUT2D eigenvalue weighted by atomic mass is 16.3. The van der Waals surface area contributed by atoms with Crippen molar-refractivity contribution >= 4 is 17.1 Å². The van der Waals surface area contributed by atoms with Gasteiger partial charge in [-0.25, -0.2) is 9.97 Å². The molecule has 1 aromatic carbocycles. The van der Waals surface area contributed by atoms with Crippen LogP contribution >= 0.6 is 0 Å². The second-order valence-corrected chi connectivity index (χ2v) is 7.12. The molecule has 2 aromatic rings. The summed E-state index contributed by atoms with van der Waals surface area (Å²) >= 11 is 0. The van der Waals surface area contributed by atoms with Gasteiger partial charge in [0.25, 0.3) is 0 Å². The Hall–Kier alpha value is -3.29. The van der Waals surface area contributed by atoms with Crippen LogP contribution < -0.4 is 5.32 Å². The SMILES string of the molecule is C=C/C(=C\N(C)C)c1cccc(-c2ncc(C(/C=C\C)=NC)c(NCC(O)CO)n2)c1. The lowest BCUT2D eigenvalue weighted by Gasteiger charge is -2.15. The predicted octanol–water partition coefficient (Wildman–Crippen LogP) is 2.99. The van der Waals surface area contributed by atoms with Crippen molar-refractivity contribution in [1.29, 1.82) is 0 Å². The summed E-state index contributed by atoms with van der Waals surface area (Å²) in [7, 11) is 5.63. The molecule has 1 heterocycles. The number of rotatable bonds is 10. The van der Waals surface area contributed by atoms with Gasteiger partial charge in [0.1, 0.15) is 5.82 Å². The van der Waals surface area contributed by atoms with Gasteiger partial charge in [-0.1, -0.05) is 36.9 Å². The highest BCUT2D eigenvalue weighted by Gasteiger charge is 2.14. The van der Waals surface area contributed by atoms with Crippen molar-refractivity contribution in [3.8, 4) is 11.4 Å². The second-order valence-electron chi connectivity index (χ2n) is 7.12. The van der Waals surface area contributed by atoms with Crippen molar-refractivity contribution in [3.05, 3.63) is 72.6 Å². The summed E-state index contributed by atoms with van der Waals surface area (Å²) in [6.45, 7) is 5.64. The fourth-order valence-corrected chi connectivity index (χ4v) is 2.93. The standard InChI is InChI=1S/C24H31N5O2/c1-6-9-22(25-3)21-14-27-23(28-24(21)26-13-20(31)16-30)19-11-8-10-18(12-19)17(7-2)15-29(4)5/h6-12,14-15,20,30-31H,2,13,16H2,1,3-5H3,(H,26,27,28)/b9-6-,17-15+,25-22?. The van der Waals surface area contributed by atoms with E-state index in [2.05, 4.69) is 21.9 Å². The molecule has 1 atom stereocenters. The highest BCUT2D eigenvalue weighted by molar-refractivity contribution is 6.11. The predicted molar refractivity (Wildman–Crippen MR) is 128 cm³/mol. The molecule has 0 saturated heterocycles. The van der Waals surface area contributed by atoms with E-state index in [0.717, 1.165) is 16.7 Å². The van der Waals surface area contributed by atoms with Gasteiger partial charge in [-0.15, -0.1) is 0 Å². The minimum Gasteiger partial charge on any atom is -0.394 e. The molecule has 0 radical (unpaired) electrons. The molecule has 164 valence electrons. The molecular weight excluding hydrogens is 390 g/mol. The van der Waals surface area contributed by atoms with E-state index >= 15 is 0 Å². The molecule has 7 nitrogen and oxygen atoms in total. The Balaban J connectivity index is 2.52. The van der Waals surface area contributed by atoms with Crippen molar-refractivity contribution in [2.75, 3.05) is 39.6 Å². The first-order chi connectivity index (χ1) is 14.9. The van der Waals surface area contributed by atoms with Crippen LogP contribution in [0.3, 0.4) is 0 Å². The Labute approximate surface area is 184 Å². The van der Waals surface area contributed by atoms with Gasteiger partial charge in [0.15, 0.2) is 5.82 Å². The van der Waals surface area contributed by atoms with Crippen molar-refractivity contribution in [3.63, 3.8) is 0 Å². The van der Waals surface area contributed by atoms with E-state index < -0.39 is 6.10 Å². The quantitative estimate of drug-likeness (QED) is 0.403. The summed E-state index contributed by atoms with van der Waals surface area (Å²) < 4.78 is 0. The summed E-state index contributed by atoms with van der Waals surface area (Å²) in [6, 6.07) is 7.93. The number of aliphatic hydroxyl groups is 2. The van der Waals surface area contributed by atoms with Gasteiger partial charge < -0.3 is 20.4 Å². The van der Waals surface area contributed by atoms with Gasteiger partial charge in [0.2, 0.25) is 0 Å². The molecule has 0 fully saturated rings. The normalized spacial score (nSPS) is 13.4. The molecule has 1 aromatic heterocycles. The average Bonchev–Trinajstić information content (AvgIpc) is 2.79. The maximum absolute atomic E-state index is 9.77. The molecule has 31 heavy (non-hydrogen) atoms. The number of aromatic nitrogens is 2. The van der Waals surface area contributed by atoms with Gasteiger partial charge in [-0.2, -0.15) is 0 Å². The Kier molecular flexibility index (Phi) is 9.12. The van der Waals surface area contributed by atoms with Crippen LogP contribution in [0, 0.1) is 0 Å². The summed E-state index contributed by atoms with van der Waals surface area (Å²) in [4.78, 5) is 15.5. The number of allylic oxidation sites excluding steroid dienone is 4. The fourth-order valence-electron chi connectivity index (χ4n) is 2.93. The number of hydrogen-bond acceptors (Lipinski definition) is 7. The van der Waals surface area contributed by atoms with Gasteiger partial charge in [0.05, 0.1) is 24.0 Å². The van der Waals surface area contributed by atoms with E-state index in [9.17, 15) is 5.11 Å². The maximum Gasteiger partial charge on any atom is 0.161 e. The molecular formula is C24H31N5O2. The minimum absolute atomic E-state index is 0.152. The van der Waals surface area contributed by atoms with Crippen LogP contribution in [0.4, 0.5) is 5.82 Å². The maximum atomic E-state index is 9.77. The van der Waals surface area contributed by atoms with Gasteiger partial charge >= 0.3 is 0 Å².